The number of nitrogens with zero attached hydrogens (tertiary/aromatic N) is 3. The Kier molecular flexibility index (Phi) is 15.1. The van der Waals surface area contributed by atoms with Gasteiger partial charge in [-0.3, -0.25) is 0 Å². The minimum Gasteiger partial charge on any atom is -0.374 e. The first-order valence-electron chi connectivity index (χ1n) is 23.5. The average molecular weight is 926 g/mol. The Morgan fingerprint density at radius 3 is 1.76 bits per heavy atom. The molecular formula is C54H59N3O11. The van der Waals surface area contributed by atoms with E-state index < -0.39 is 67.2 Å². The minimum atomic E-state index is -1.01. The van der Waals surface area contributed by atoms with Crippen molar-refractivity contribution >= 4 is 0 Å². The highest BCUT2D eigenvalue weighted by atomic mass is 16.8. The molecule has 4 aliphatic heterocycles. The maximum atomic E-state index is 7.04. The van der Waals surface area contributed by atoms with Crippen molar-refractivity contribution in [3.63, 3.8) is 0 Å². The zero-order valence-electron chi connectivity index (χ0n) is 38.4. The standard InChI is InChI=1S/C54H59N3O11/c1-54(2)67-51-49(62-32-40-23-13-6-14-24-40)47(66-53(51)68-54)44-36-64-52-50(63-34-43-28-57(56-55-43)27-41-25-15-16-26-42(41)33-59-44)48(61-31-39-21-11-5-12-22-39)46(60-30-38-19-9-4-10-20-38)45(65-52)35-58-29-37-17-7-3-8-18-37/h3-26,28,44-53H,27,29-36H2,1-2H3/t44-,45-,46-,47-,48+,49+,50-,51-,52-,53-/m1/s1. The molecule has 6 aromatic rings. The van der Waals surface area contributed by atoms with E-state index in [1.54, 1.807) is 4.68 Å². The smallest absolute Gasteiger partial charge is 0.190 e. The summed E-state index contributed by atoms with van der Waals surface area (Å²) in [5.41, 5.74) is 6.67. The molecule has 0 radical (unpaired) electrons. The van der Waals surface area contributed by atoms with Crippen LogP contribution in [0.1, 0.15) is 52.9 Å². The third-order valence-corrected chi connectivity index (χ3v) is 12.6. The number of aromatic nitrogens is 3. The highest BCUT2D eigenvalue weighted by Crippen LogP contribution is 2.41. The SMILES string of the molecule is CC1(C)O[C@H]2O[C@H]([C@H]3CO[C@@H]4O[C@H](COCc5ccccc5)[C@@H](OCc5ccccc5)[C@H](OCc5ccccc5)[C@H]4OCc4cn(nn4)Cc4ccccc4CO3)[C@H](OCc3ccccc3)[C@H]2O1. The predicted molar refractivity (Wildman–Crippen MR) is 247 cm³/mol. The number of hydrogen-bond acceptors (Lipinski definition) is 13. The van der Waals surface area contributed by atoms with Crippen molar-refractivity contribution in [1.82, 2.24) is 15.0 Å². The van der Waals surface area contributed by atoms with Crippen molar-refractivity contribution in [3.05, 3.63) is 191 Å². The highest BCUT2D eigenvalue weighted by Gasteiger charge is 2.58. The van der Waals surface area contributed by atoms with Gasteiger partial charge in [0.15, 0.2) is 18.4 Å². The van der Waals surface area contributed by atoms with Gasteiger partial charge in [-0.2, -0.15) is 0 Å². The van der Waals surface area contributed by atoms with Gasteiger partial charge in [0, 0.05) is 0 Å². The summed E-state index contributed by atoms with van der Waals surface area (Å²) in [6.45, 7) is 6.00. The number of hydrogen-bond donors (Lipinski definition) is 0. The fraction of sp³-hybridized carbons (Fsp3) is 0.407. The van der Waals surface area contributed by atoms with Crippen molar-refractivity contribution in [2.24, 2.45) is 0 Å². The molecule has 3 saturated heterocycles. The normalized spacial score (nSPS) is 28.1. The molecule has 5 aromatic carbocycles. The van der Waals surface area contributed by atoms with Crippen LogP contribution in [0.2, 0.25) is 0 Å². The first kappa shape index (κ1) is 46.5. The van der Waals surface area contributed by atoms with Crippen LogP contribution in [-0.4, -0.2) is 95.4 Å². The Labute approximate surface area is 397 Å². The largest absolute Gasteiger partial charge is 0.374 e. The lowest BCUT2D eigenvalue weighted by atomic mass is 9.97. The zero-order chi connectivity index (χ0) is 46.1. The van der Waals surface area contributed by atoms with Gasteiger partial charge in [0.1, 0.15) is 54.5 Å². The second kappa shape index (κ2) is 22.0. The van der Waals surface area contributed by atoms with Gasteiger partial charge in [-0.05, 0) is 47.2 Å². The fourth-order valence-electron chi connectivity index (χ4n) is 9.19. The Morgan fingerprint density at radius 1 is 0.544 bits per heavy atom. The maximum Gasteiger partial charge on any atom is 0.190 e. The fourth-order valence-corrected chi connectivity index (χ4v) is 9.19. The van der Waals surface area contributed by atoms with Crippen LogP contribution in [0, 0.1) is 0 Å². The quantitative estimate of drug-likeness (QED) is 0.106. The second-order valence-electron chi connectivity index (χ2n) is 18.0. The topological polar surface area (TPSA) is 132 Å². The van der Waals surface area contributed by atoms with Crippen molar-refractivity contribution in [2.75, 3.05) is 13.2 Å². The Morgan fingerprint density at radius 2 is 1.12 bits per heavy atom. The van der Waals surface area contributed by atoms with Gasteiger partial charge in [0.2, 0.25) is 0 Å². The molecular weight excluding hydrogens is 867 g/mol. The van der Waals surface area contributed by atoms with E-state index in [2.05, 4.69) is 22.4 Å². The van der Waals surface area contributed by atoms with Gasteiger partial charge in [-0.15, -0.1) is 5.10 Å². The van der Waals surface area contributed by atoms with Crippen LogP contribution in [-0.2, 0) is 98.3 Å². The van der Waals surface area contributed by atoms with Gasteiger partial charge in [0.05, 0.1) is 65.6 Å². The molecule has 4 aliphatic rings. The molecule has 14 nitrogen and oxygen atoms in total. The predicted octanol–water partition coefficient (Wildman–Crippen LogP) is 7.70. The molecule has 0 aliphatic carbocycles. The van der Waals surface area contributed by atoms with Crippen molar-refractivity contribution in [1.29, 1.82) is 0 Å². The first-order chi connectivity index (χ1) is 33.4. The van der Waals surface area contributed by atoms with E-state index in [1.165, 1.54) is 0 Å². The minimum absolute atomic E-state index is 0.0124. The van der Waals surface area contributed by atoms with E-state index in [9.17, 15) is 0 Å². The highest BCUT2D eigenvalue weighted by molar-refractivity contribution is 5.27. The van der Waals surface area contributed by atoms with E-state index >= 15 is 0 Å². The molecule has 10 rings (SSSR count). The molecule has 3 fully saturated rings. The third-order valence-electron chi connectivity index (χ3n) is 12.6. The van der Waals surface area contributed by atoms with Gasteiger partial charge in [0.25, 0.3) is 0 Å². The number of fused-ring (bicyclic) bond motifs is 5. The van der Waals surface area contributed by atoms with Crippen LogP contribution < -0.4 is 0 Å². The first-order valence-corrected chi connectivity index (χ1v) is 23.5. The number of ether oxygens (including phenoxy) is 11. The molecule has 0 N–H and O–H groups in total. The molecule has 2 bridgehead atoms. The lowest BCUT2D eigenvalue weighted by Gasteiger charge is -2.46. The van der Waals surface area contributed by atoms with Crippen LogP contribution in [0.3, 0.4) is 0 Å². The summed E-state index contributed by atoms with van der Waals surface area (Å²) in [5, 5.41) is 9.01. The van der Waals surface area contributed by atoms with E-state index in [0.717, 1.165) is 33.4 Å². The Hall–Kier alpha value is -5.20. The summed E-state index contributed by atoms with van der Waals surface area (Å²) >= 11 is 0. The van der Waals surface area contributed by atoms with Crippen LogP contribution in [0.5, 0.6) is 0 Å². The Balaban J connectivity index is 1.000. The molecule has 356 valence electrons. The van der Waals surface area contributed by atoms with Crippen LogP contribution in [0.25, 0.3) is 0 Å². The van der Waals surface area contributed by atoms with Gasteiger partial charge in [-0.1, -0.05) is 151 Å². The van der Waals surface area contributed by atoms with E-state index in [-0.39, 0.29) is 33.0 Å². The van der Waals surface area contributed by atoms with Crippen LogP contribution in [0.15, 0.2) is 152 Å². The van der Waals surface area contributed by atoms with E-state index in [1.807, 2.05) is 154 Å². The summed E-state index contributed by atoms with van der Waals surface area (Å²) in [6.07, 6.45) is -5.18. The molecule has 5 heterocycles. The summed E-state index contributed by atoms with van der Waals surface area (Å²) in [5.74, 6) is -0.875. The number of rotatable bonds is 14. The van der Waals surface area contributed by atoms with Crippen LogP contribution in [0.4, 0.5) is 0 Å². The van der Waals surface area contributed by atoms with Gasteiger partial charge < -0.3 is 52.1 Å². The molecule has 0 amide bonds. The Bertz CT molecular complexity index is 2460. The van der Waals surface area contributed by atoms with Gasteiger partial charge >= 0.3 is 0 Å². The van der Waals surface area contributed by atoms with Gasteiger partial charge in [-0.25, -0.2) is 4.68 Å². The van der Waals surface area contributed by atoms with Crippen molar-refractivity contribution < 1.29 is 52.1 Å². The second-order valence-corrected chi connectivity index (χ2v) is 18.0. The molecule has 1 aromatic heterocycles. The molecule has 10 atom stereocenters. The summed E-state index contributed by atoms with van der Waals surface area (Å²) in [7, 11) is 0. The molecule has 0 unspecified atom stereocenters. The van der Waals surface area contributed by atoms with E-state index in [0.29, 0.717) is 32.1 Å². The zero-order valence-corrected chi connectivity index (χ0v) is 38.4. The summed E-state index contributed by atoms with van der Waals surface area (Å²) in [6, 6.07) is 48.3. The molecule has 0 saturated carbocycles. The lowest BCUT2D eigenvalue weighted by Crippen LogP contribution is -2.62. The summed E-state index contributed by atoms with van der Waals surface area (Å²) in [4.78, 5) is 0. The monoisotopic (exact) mass is 925 g/mol. The molecule has 0 spiro atoms. The average Bonchev–Trinajstić information content (AvgIpc) is 4.04. The summed E-state index contributed by atoms with van der Waals surface area (Å²) < 4.78 is 76.3. The van der Waals surface area contributed by atoms with Crippen molar-refractivity contribution in [2.45, 2.75) is 127 Å². The van der Waals surface area contributed by atoms with E-state index in [4.69, 9.17) is 52.1 Å². The van der Waals surface area contributed by atoms with Crippen LogP contribution >= 0.6 is 0 Å². The maximum absolute atomic E-state index is 7.04. The third kappa shape index (κ3) is 11.6. The lowest BCUT2D eigenvalue weighted by molar-refractivity contribution is -0.334. The van der Waals surface area contributed by atoms with Crippen molar-refractivity contribution in [3.8, 4) is 0 Å². The molecule has 14 heteroatoms. The molecule has 68 heavy (non-hydrogen) atoms. The number of benzene rings is 5.